The lowest BCUT2D eigenvalue weighted by atomic mass is 9.77. The number of aromatic nitrogens is 2. The Kier molecular flexibility index (Phi) is 1.50. The van der Waals surface area contributed by atoms with Crippen molar-refractivity contribution in [1.29, 1.82) is 0 Å². The molecule has 1 N–H and O–H groups in total. The lowest BCUT2D eigenvalue weighted by Crippen LogP contribution is -2.37. The number of piperidine rings is 1. The maximum Gasteiger partial charge on any atom is 0.0492 e. The molecule has 0 aromatic carbocycles. The van der Waals surface area contributed by atoms with E-state index in [9.17, 15) is 0 Å². The minimum absolute atomic E-state index is 0.550. The van der Waals surface area contributed by atoms with Crippen LogP contribution in [0.5, 0.6) is 0 Å². The largest absolute Gasteiger partial charge is 0.317 e. The maximum atomic E-state index is 4.34. The Morgan fingerprint density at radius 3 is 3.00 bits per heavy atom. The first-order valence-corrected chi connectivity index (χ1v) is 5.09. The summed E-state index contributed by atoms with van der Waals surface area (Å²) in [6.07, 6.45) is 5.80. The Balaban J connectivity index is 1.86. The molecule has 70 valence electrons. The second-order valence-corrected chi connectivity index (χ2v) is 4.41. The lowest BCUT2D eigenvalue weighted by molar-refractivity contribution is 0.194. The Hall–Kier alpha value is -0.830. The quantitative estimate of drug-likeness (QED) is 0.635. The highest BCUT2D eigenvalue weighted by atomic mass is 15.3. The average molecular weight is 177 g/mol. The summed E-state index contributed by atoms with van der Waals surface area (Å²) in [5.74, 6) is 0. The number of nitrogens with one attached hydrogen (secondary N) is 1. The van der Waals surface area contributed by atoms with Gasteiger partial charge in [0.1, 0.15) is 0 Å². The van der Waals surface area contributed by atoms with E-state index in [0.717, 1.165) is 6.54 Å². The summed E-state index contributed by atoms with van der Waals surface area (Å²) in [6.45, 7) is 3.52. The third-order valence-corrected chi connectivity index (χ3v) is 3.51. The van der Waals surface area contributed by atoms with Crippen LogP contribution in [0.2, 0.25) is 0 Å². The molecule has 2 aliphatic rings. The molecule has 2 aliphatic heterocycles. The fourth-order valence-electron chi connectivity index (χ4n) is 2.70. The van der Waals surface area contributed by atoms with E-state index in [-0.39, 0.29) is 0 Å². The number of hydrogen-bond donors (Lipinski definition) is 1. The van der Waals surface area contributed by atoms with Crippen LogP contribution in [0.15, 0.2) is 12.3 Å². The van der Waals surface area contributed by atoms with Gasteiger partial charge in [0.2, 0.25) is 0 Å². The monoisotopic (exact) mass is 177 g/mol. The highest BCUT2D eigenvalue weighted by Crippen LogP contribution is 2.39. The van der Waals surface area contributed by atoms with E-state index >= 15 is 0 Å². The number of hydrogen-bond acceptors (Lipinski definition) is 2. The van der Waals surface area contributed by atoms with Crippen molar-refractivity contribution in [3.8, 4) is 0 Å². The molecule has 3 heterocycles. The Morgan fingerprint density at radius 1 is 1.38 bits per heavy atom. The molecular formula is C10H15N3. The highest BCUT2D eigenvalue weighted by Gasteiger charge is 2.38. The summed E-state index contributed by atoms with van der Waals surface area (Å²) in [7, 11) is 0. The predicted molar refractivity (Wildman–Crippen MR) is 50.5 cm³/mol. The molecule has 0 unspecified atom stereocenters. The second-order valence-electron chi connectivity index (χ2n) is 4.41. The smallest absolute Gasteiger partial charge is 0.0492 e. The van der Waals surface area contributed by atoms with Crippen molar-refractivity contribution in [2.75, 3.05) is 13.1 Å². The molecule has 0 radical (unpaired) electrons. The van der Waals surface area contributed by atoms with Gasteiger partial charge in [0.15, 0.2) is 0 Å². The SMILES string of the molecule is c1cc2n(n1)CC1(CCNCC1)C2. The summed E-state index contributed by atoms with van der Waals surface area (Å²) < 4.78 is 2.19. The second kappa shape index (κ2) is 2.58. The van der Waals surface area contributed by atoms with Gasteiger partial charge in [-0.05, 0) is 43.8 Å². The summed E-state index contributed by atoms with van der Waals surface area (Å²) in [4.78, 5) is 0. The molecule has 1 spiro atoms. The zero-order valence-electron chi connectivity index (χ0n) is 7.79. The third kappa shape index (κ3) is 1.10. The van der Waals surface area contributed by atoms with Crippen molar-refractivity contribution < 1.29 is 0 Å². The average Bonchev–Trinajstić information content (AvgIpc) is 2.64. The van der Waals surface area contributed by atoms with Crippen LogP contribution in [0.25, 0.3) is 0 Å². The van der Waals surface area contributed by atoms with Crippen LogP contribution in [0.4, 0.5) is 0 Å². The molecule has 3 nitrogen and oxygen atoms in total. The summed E-state index contributed by atoms with van der Waals surface area (Å²) in [5, 5.41) is 7.77. The zero-order chi connectivity index (χ0) is 8.73. The van der Waals surface area contributed by atoms with Gasteiger partial charge in [-0.2, -0.15) is 5.10 Å². The van der Waals surface area contributed by atoms with Gasteiger partial charge in [-0.15, -0.1) is 0 Å². The lowest BCUT2D eigenvalue weighted by Gasteiger charge is -2.32. The number of nitrogens with zero attached hydrogens (tertiary/aromatic N) is 2. The summed E-state index contributed by atoms with van der Waals surface area (Å²) >= 11 is 0. The molecule has 3 rings (SSSR count). The molecule has 0 saturated carbocycles. The minimum Gasteiger partial charge on any atom is -0.317 e. The fourth-order valence-corrected chi connectivity index (χ4v) is 2.70. The van der Waals surface area contributed by atoms with E-state index in [1.54, 1.807) is 0 Å². The highest BCUT2D eigenvalue weighted by molar-refractivity contribution is 5.11. The normalized spacial score (nSPS) is 24.9. The fraction of sp³-hybridized carbons (Fsp3) is 0.700. The molecule has 3 heteroatoms. The third-order valence-electron chi connectivity index (χ3n) is 3.51. The van der Waals surface area contributed by atoms with Crippen LogP contribution in [0.1, 0.15) is 18.5 Å². The van der Waals surface area contributed by atoms with Gasteiger partial charge in [0, 0.05) is 18.4 Å². The Labute approximate surface area is 78.1 Å². The molecule has 1 aromatic heterocycles. The molecule has 0 aliphatic carbocycles. The van der Waals surface area contributed by atoms with Gasteiger partial charge in [-0.1, -0.05) is 0 Å². The van der Waals surface area contributed by atoms with Gasteiger partial charge in [0.05, 0.1) is 0 Å². The first-order chi connectivity index (χ1) is 6.38. The van der Waals surface area contributed by atoms with Crippen molar-refractivity contribution in [2.45, 2.75) is 25.8 Å². The van der Waals surface area contributed by atoms with E-state index in [4.69, 9.17) is 0 Å². The van der Waals surface area contributed by atoms with E-state index in [2.05, 4.69) is 21.2 Å². The van der Waals surface area contributed by atoms with Gasteiger partial charge >= 0.3 is 0 Å². The summed E-state index contributed by atoms with van der Waals surface area (Å²) in [6, 6.07) is 2.16. The zero-order valence-corrected chi connectivity index (χ0v) is 7.79. The van der Waals surface area contributed by atoms with E-state index in [1.807, 2.05) is 6.20 Å². The topological polar surface area (TPSA) is 29.9 Å². The number of fused-ring (bicyclic) bond motifs is 1. The van der Waals surface area contributed by atoms with Crippen LogP contribution in [-0.4, -0.2) is 22.9 Å². The molecule has 0 amide bonds. The first kappa shape index (κ1) is 7.56. The van der Waals surface area contributed by atoms with Crippen molar-refractivity contribution in [2.24, 2.45) is 5.41 Å². The molecule has 0 atom stereocenters. The van der Waals surface area contributed by atoms with Crippen LogP contribution in [0, 0.1) is 5.41 Å². The van der Waals surface area contributed by atoms with E-state index < -0.39 is 0 Å². The Bertz CT molecular complexity index is 287. The minimum atomic E-state index is 0.550. The number of rotatable bonds is 0. The molecule has 1 aromatic rings. The van der Waals surface area contributed by atoms with Crippen molar-refractivity contribution >= 4 is 0 Å². The van der Waals surface area contributed by atoms with E-state index in [1.165, 1.54) is 38.0 Å². The standard InChI is InChI=1S/C10H15N3/c1-4-12-13-8-10(7-9(1)13)2-5-11-6-3-10/h1,4,11H,2-3,5-8H2. The van der Waals surface area contributed by atoms with Gasteiger partial charge in [-0.25, -0.2) is 0 Å². The molecule has 13 heavy (non-hydrogen) atoms. The van der Waals surface area contributed by atoms with Crippen molar-refractivity contribution in [3.63, 3.8) is 0 Å². The predicted octanol–water partition coefficient (Wildman–Crippen LogP) is 0.809. The van der Waals surface area contributed by atoms with Gasteiger partial charge in [0.25, 0.3) is 0 Å². The summed E-state index contributed by atoms with van der Waals surface area (Å²) in [5.41, 5.74) is 1.98. The van der Waals surface area contributed by atoms with E-state index in [0.29, 0.717) is 5.41 Å². The van der Waals surface area contributed by atoms with Crippen molar-refractivity contribution in [1.82, 2.24) is 15.1 Å². The Morgan fingerprint density at radius 2 is 2.23 bits per heavy atom. The molecular weight excluding hydrogens is 162 g/mol. The first-order valence-electron chi connectivity index (χ1n) is 5.09. The molecule has 1 fully saturated rings. The van der Waals surface area contributed by atoms with Gasteiger partial charge < -0.3 is 5.32 Å². The van der Waals surface area contributed by atoms with Crippen LogP contribution >= 0.6 is 0 Å². The molecule has 0 bridgehead atoms. The molecule has 1 saturated heterocycles. The van der Waals surface area contributed by atoms with Gasteiger partial charge in [-0.3, -0.25) is 4.68 Å². The van der Waals surface area contributed by atoms with Crippen LogP contribution < -0.4 is 5.32 Å². The van der Waals surface area contributed by atoms with Crippen LogP contribution in [-0.2, 0) is 13.0 Å². The van der Waals surface area contributed by atoms with Crippen molar-refractivity contribution in [3.05, 3.63) is 18.0 Å². The maximum absolute atomic E-state index is 4.34. The van der Waals surface area contributed by atoms with Crippen LogP contribution in [0.3, 0.4) is 0 Å².